The minimum Gasteiger partial charge on any atom is -0.440 e. The van der Waals surface area contributed by atoms with Crippen LogP contribution in [-0.2, 0) is 0 Å². The van der Waals surface area contributed by atoms with E-state index in [2.05, 4.69) is 19.9 Å². The van der Waals surface area contributed by atoms with Gasteiger partial charge in [-0.05, 0) is 31.4 Å². The molecule has 0 bridgehead atoms. The van der Waals surface area contributed by atoms with E-state index < -0.39 is 0 Å². The zero-order valence-corrected chi connectivity index (χ0v) is 14.1. The van der Waals surface area contributed by atoms with E-state index >= 15 is 0 Å². The number of piperidine rings is 1. The van der Waals surface area contributed by atoms with E-state index in [9.17, 15) is 0 Å². The Morgan fingerprint density at radius 3 is 2.79 bits per heavy atom. The molecule has 3 aromatic rings. The first-order valence-corrected chi connectivity index (χ1v) is 8.38. The van der Waals surface area contributed by atoms with Crippen molar-refractivity contribution in [3.05, 3.63) is 41.0 Å². The van der Waals surface area contributed by atoms with Crippen molar-refractivity contribution in [1.82, 2.24) is 15.0 Å². The number of hydrogen-bond donors (Lipinski definition) is 1. The predicted molar refractivity (Wildman–Crippen MR) is 94.4 cm³/mol. The second-order valence-corrected chi connectivity index (χ2v) is 6.51. The third-order valence-electron chi connectivity index (χ3n) is 4.57. The van der Waals surface area contributed by atoms with Crippen LogP contribution in [0.4, 0.5) is 11.6 Å². The summed E-state index contributed by atoms with van der Waals surface area (Å²) in [5.41, 5.74) is 8.71. The summed E-state index contributed by atoms with van der Waals surface area (Å²) < 4.78 is 6.02. The van der Waals surface area contributed by atoms with Crippen LogP contribution in [-0.4, -0.2) is 28.0 Å². The van der Waals surface area contributed by atoms with Crippen molar-refractivity contribution in [2.75, 3.05) is 23.7 Å². The van der Waals surface area contributed by atoms with Gasteiger partial charge in [0.15, 0.2) is 17.3 Å². The van der Waals surface area contributed by atoms with E-state index in [-0.39, 0.29) is 0 Å². The molecule has 2 aromatic heterocycles. The molecule has 1 aliphatic heterocycles. The lowest BCUT2D eigenvalue weighted by molar-refractivity contribution is 0.406. The van der Waals surface area contributed by atoms with E-state index in [0.29, 0.717) is 22.6 Å². The SMILES string of the molecule is Cc1cccc2nc(C3CCN(c4ncnc(N)c4Cl)CC3)oc12. The van der Waals surface area contributed by atoms with Gasteiger partial charge in [-0.1, -0.05) is 23.7 Å². The summed E-state index contributed by atoms with van der Waals surface area (Å²) in [4.78, 5) is 15.0. The molecule has 0 saturated carbocycles. The van der Waals surface area contributed by atoms with E-state index in [1.165, 1.54) is 6.33 Å². The van der Waals surface area contributed by atoms with Crippen LogP contribution in [0, 0.1) is 6.92 Å². The van der Waals surface area contributed by atoms with Gasteiger partial charge in [0.05, 0.1) is 0 Å². The second kappa shape index (κ2) is 5.94. The van der Waals surface area contributed by atoms with Crippen LogP contribution in [0.1, 0.15) is 30.2 Å². The number of halogens is 1. The van der Waals surface area contributed by atoms with Crippen LogP contribution < -0.4 is 10.6 Å². The summed E-state index contributed by atoms with van der Waals surface area (Å²) in [7, 11) is 0. The molecule has 0 atom stereocenters. The number of anilines is 2. The molecule has 124 valence electrons. The Hall–Kier alpha value is -2.34. The minimum atomic E-state index is 0.311. The fraction of sp³-hybridized carbons (Fsp3) is 0.353. The van der Waals surface area contributed by atoms with Gasteiger partial charge in [-0.25, -0.2) is 15.0 Å². The molecule has 3 heterocycles. The van der Waals surface area contributed by atoms with Gasteiger partial charge in [0.1, 0.15) is 22.7 Å². The van der Waals surface area contributed by atoms with Gasteiger partial charge in [0.25, 0.3) is 0 Å². The van der Waals surface area contributed by atoms with E-state index in [0.717, 1.165) is 48.5 Å². The number of oxazole rings is 1. The number of para-hydroxylation sites is 1. The molecular formula is C17H18ClN5O. The van der Waals surface area contributed by atoms with Crippen molar-refractivity contribution < 1.29 is 4.42 Å². The average Bonchev–Trinajstić information content (AvgIpc) is 3.03. The highest BCUT2D eigenvalue weighted by atomic mass is 35.5. The number of fused-ring (bicyclic) bond motifs is 1. The number of hydrogen-bond acceptors (Lipinski definition) is 6. The fourth-order valence-corrected chi connectivity index (χ4v) is 3.43. The molecule has 0 spiro atoms. The summed E-state index contributed by atoms with van der Waals surface area (Å²) in [5, 5.41) is 0.424. The number of aromatic nitrogens is 3. The maximum Gasteiger partial charge on any atom is 0.198 e. The summed E-state index contributed by atoms with van der Waals surface area (Å²) in [6.07, 6.45) is 3.32. The monoisotopic (exact) mass is 343 g/mol. The van der Waals surface area contributed by atoms with Gasteiger partial charge < -0.3 is 15.1 Å². The van der Waals surface area contributed by atoms with Crippen LogP contribution in [0.5, 0.6) is 0 Å². The lowest BCUT2D eigenvalue weighted by Crippen LogP contribution is -2.34. The van der Waals surface area contributed by atoms with Gasteiger partial charge >= 0.3 is 0 Å². The minimum absolute atomic E-state index is 0.311. The maximum atomic E-state index is 6.23. The van der Waals surface area contributed by atoms with Crippen LogP contribution in [0.3, 0.4) is 0 Å². The molecule has 0 aliphatic carbocycles. The molecule has 7 heteroatoms. The first-order valence-electron chi connectivity index (χ1n) is 8.00. The number of rotatable bonds is 2. The zero-order chi connectivity index (χ0) is 16.7. The van der Waals surface area contributed by atoms with E-state index in [1.54, 1.807) is 0 Å². The van der Waals surface area contributed by atoms with Crippen LogP contribution in [0.2, 0.25) is 5.02 Å². The quantitative estimate of drug-likeness (QED) is 0.766. The van der Waals surface area contributed by atoms with Crippen molar-refractivity contribution in [1.29, 1.82) is 0 Å². The number of nitrogens with zero attached hydrogens (tertiary/aromatic N) is 4. The summed E-state index contributed by atoms with van der Waals surface area (Å²) in [6.45, 7) is 3.71. The Morgan fingerprint density at radius 2 is 2.04 bits per heavy atom. The first kappa shape index (κ1) is 15.2. The zero-order valence-electron chi connectivity index (χ0n) is 13.4. The Labute approximate surface area is 144 Å². The molecule has 4 rings (SSSR count). The number of aryl methyl sites for hydroxylation is 1. The van der Waals surface area contributed by atoms with Crippen LogP contribution in [0.15, 0.2) is 28.9 Å². The predicted octanol–water partition coefficient (Wildman–Crippen LogP) is 3.55. The van der Waals surface area contributed by atoms with E-state index in [1.807, 2.05) is 25.1 Å². The second-order valence-electron chi connectivity index (χ2n) is 6.13. The van der Waals surface area contributed by atoms with Crippen molar-refractivity contribution in [2.45, 2.75) is 25.7 Å². The molecule has 1 aliphatic rings. The lowest BCUT2D eigenvalue weighted by atomic mass is 9.97. The fourth-order valence-electron chi connectivity index (χ4n) is 3.21. The Balaban J connectivity index is 1.53. The molecule has 6 nitrogen and oxygen atoms in total. The topological polar surface area (TPSA) is 81.1 Å². The third-order valence-corrected chi connectivity index (χ3v) is 4.93. The standard InChI is InChI=1S/C17H18ClN5O/c1-10-3-2-4-12-14(10)24-17(22-12)11-5-7-23(8-6-11)16-13(18)15(19)20-9-21-16/h2-4,9,11H,5-8H2,1H3,(H2,19,20,21). The summed E-state index contributed by atoms with van der Waals surface area (Å²) >= 11 is 6.23. The van der Waals surface area contributed by atoms with Gasteiger partial charge in [-0.2, -0.15) is 0 Å². The van der Waals surface area contributed by atoms with Crippen molar-refractivity contribution in [3.63, 3.8) is 0 Å². The smallest absolute Gasteiger partial charge is 0.198 e. The van der Waals surface area contributed by atoms with Gasteiger partial charge in [0.2, 0.25) is 0 Å². The molecule has 24 heavy (non-hydrogen) atoms. The van der Waals surface area contributed by atoms with Crippen molar-refractivity contribution in [3.8, 4) is 0 Å². The van der Waals surface area contributed by atoms with Gasteiger partial charge in [0, 0.05) is 19.0 Å². The Morgan fingerprint density at radius 1 is 1.25 bits per heavy atom. The lowest BCUT2D eigenvalue weighted by Gasteiger charge is -2.31. The Kier molecular flexibility index (Phi) is 3.76. The van der Waals surface area contributed by atoms with Crippen molar-refractivity contribution in [2.24, 2.45) is 0 Å². The number of nitrogen functional groups attached to an aromatic ring is 1. The number of benzene rings is 1. The van der Waals surface area contributed by atoms with Crippen molar-refractivity contribution >= 4 is 34.3 Å². The molecule has 0 radical (unpaired) electrons. The maximum absolute atomic E-state index is 6.23. The van der Waals surface area contributed by atoms with Gasteiger partial charge in [-0.15, -0.1) is 0 Å². The molecule has 0 unspecified atom stereocenters. The number of nitrogens with two attached hydrogens (primary N) is 1. The molecular weight excluding hydrogens is 326 g/mol. The first-order chi connectivity index (χ1) is 11.6. The third kappa shape index (κ3) is 2.57. The van der Waals surface area contributed by atoms with Crippen LogP contribution in [0.25, 0.3) is 11.1 Å². The average molecular weight is 344 g/mol. The largest absolute Gasteiger partial charge is 0.440 e. The highest BCUT2D eigenvalue weighted by molar-refractivity contribution is 6.35. The highest BCUT2D eigenvalue weighted by Crippen LogP contribution is 2.34. The highest BCUT2D eigenvalue weighted by Gasteiger charge is 2.27. The Bertz CT molecular complexity index is 886. The summed E-state index contributed by atoms with van der Waals surface area (Å²) in [6, 6.07) is 6.05. The molecule has 1 saturated heterocycles. The molecule has 0 amide bonds. The van der Waals surface area contributed by atoms with Gasteiger partial charge in [-0.3, -0.25) is 0 Å². The summed E-state index contributed by atoms with van der Waals surface area (Å²) in [5.74, 6) is 2.16. The van der Waals surface area contributed by atoms with E-state index in [4.69, 9.17) is 21.8 Å². The normalized spacial score (nSPS) is 16.0. The molecule has 1 aromatic carbocycles. The van der Waals surface area contributed by atoms with Crippen LogP contribution >= 0.6 is 11.6 Å². The molecule has 1 fully saturated rings. The molecule has 2 N–H and O–H groups in total.